The number of thiophene rings is 1. The maximum Gasteiger partial charge on any atom is 0.317 e. The monoisotopic (exact) mass is 267 g/mol. The van der Waals surface area contributed by atoms with E-state index in [4.69, 9.17) is 5.11 Å². The summed E-state index contributed by atoms with van der Waals surface area (Å²) >= 11 is 1.81. The van der Waals surface area contributed by atoms with E-state index in [1.54, 1.807) is 0 Å². The van der Waals surface area contributed by atoms with Gasteiger partial charge in [-0.05, 0) is 31.4 Å². The Hall–Kier alpha value is -0.870. The molecule has 0 atom stereocenters. The predicted octanol–water partition coefficient (Wildman–Crippen LogP) is 3.14. The van der Waals surface area contributed by atoms with Gasteiger partial charge in [-0.15, -0.1) is 11.3 Å². The fraction of sp³-hybridized carbons (Fsp3) is 0.643. The molecule has 4 heteroatoms. The average molecular weight is 267 g/mol. The number of nitrogens with zero attached hydrogens (tertiary/aromatic N) is 1. The smallest absolute Gasteiger partial charge is 0.317 e. The number of carboxylic acids is 1. The maximum atomic E-state index is 11.0. The van der Waals surface area contributed by atoms with E-state index in [1.807, 2.05) is 11.3 Å². The van der Waals surface area contributed by atoms with Crippen LogP contribution in [0.25, 0.3) is 0 Å². The van der Waals surface area contributed by atoms with E-state index in [2.05, 4.69) is 24.0 Å². The molecule has 1 heterocycles. The average Bonchev–Trinajstić information content (AvgIpc) is 2.98. The molecule has 0 aliphatic heterocycles. The van der Waals surface area contributed by atoms with Crippen LogP contribution in [-0.2, 0) is 17.8 Å². The lowest BCUT2D eigenvalue weighted by Gasteiger charge is -2.26. The van der Waals surface area contributed by atoms with Gasteiger partial charge >= 0.3 is 5.97 Å². The summed E-state index contributed by atoms with van der Waals surface area (Å²) in [7, 11) is 0. The first-order valence-electron chi connectivity index (χ1n) is 6.72. The minimum atomic E-state index is -0.714. The predicted molar refractivity (Wildman–Crippen MR) is 74.0 cm³/mol. The molecule has 1 fully saturated rings. The second-order valence-electron chi connectivity index (χ2n) is 4.96. The van der Waals surface area contributed by atoms with Gasteiger partial charge in [-0.1, -0.05) is 19.8 Å². The molecule has 0 amide bonds. The minimum Gasteiger partial charge on any atom is -0.480 e. The van der Waals surface area contributed by atoms with Crippen molar-refractivity contribution >= 4 is 17.3 Å². The molecule has 0 radical (unpaired) electrons. The van der Waals surface area contributed by atoms with Gasteiger partial charge in [0.25, 0.3) is 0 Å². The largest absolute Gasteiger partial charge is 0.480 e. The Labute approximate surface area is 112 Å². The molecule has 1 aromatic rings. The van der Waals surface area contributed by atoms with Crippen molar-refractivity contribution in [3.05, 3.63) is 21.9 Å². The first kappa shape index (κ1) is 13.6. The highest BCUT2D eigenvalue weighted by molar-refractivity contribution is 7.11. The Morgan fingerprint density at radius 3 is 2.61 bits per heavy atom. The van der Waals surface area contributed by atoms with E-state index in [9.17, 15) is 4.79 Å². The summed E-state index contributed by atoms with van der Waals surface area (Å²) in [5.41, 5.74) is 0. The summed E-state index contributed by atoms with van der Waals surface area (Å²) in [6.45, 7) is 3.12. The molecule has 1 aliphatic rings. The molecule has 0 bridgehead atoms. The molecule has 1 aliphatic carbocycles. The van der Waals surface area contributed by atoms with E-state index in [0.29, 0.717) is 6.04 Å². The van der Waals surface area contributed by atoms with E-state index < -0.39 is 5.97 Å². The third-order valence-corrected chi connectivity index (χ3v) is 4.82. The molecule has 1 N–H and O–H groups in total. The van der Waals surface area contributed by atoms with E-state index >= 15 is 0 Å². The molecule has 0 unspecified atom stereocenters. The summed E-state index contributed by atoms with van der Waals surface area (Å²) in [6.07, 6.45) is 5.85. The lowest BCUT2D eigenvalue weighted by atomic mass is 10.2. The molecule has 100 valence electrons. The molecule has 1 aromatic heterocycles. The highest BCUT2D eigenvalue weighted by Crippen LogP contribution is 2.26. The lowest BCUT2D eigenvalue weighted by Crippen LogP contribution is -2.36. The van der Waals surface area contributed by atoms with Crippen LogP contribution in [0.3, 0.4) is 0 Å². The second kappa shape index (κ2) is 6.34. The van der Waals surface area contributed by atoms with Crippen molar-refractivity contribution in [2.24, 2.45) is 0 Å². The second-order valence-corrected chi connectivity index (χ2v) is 6.21. The van der Waals surface area contributed by atoms with Crippen molar-refractivity contribution in [3.8, 4) is 0 Å². The molecular weight excluding hydrogens is 246 g/mol. The SMILES string of the molecule is CCc1ccc(CN(CC(=O)O)C2CCCC2)s1. The summed E-state index contributed by atoms with van der Waals surface area (Å²) in [5.74, 6) is -0.714. The van der Waals surface area contributed by atoms with Crippen LogP contribution in [0.1, 0.15) is 42.4 Å². The lowest BCUT2D eigenvalue weighted by molar-refractivity contribution is -0.139. The summed E-state index contributed by atoms with van der Waals surface area (Å²) in [5, 5.41) is 9.04. The first-order chi connectivity index (χ1) is 8.69. The molecule has 1 saturated carbocycles. The number of hydrogen-bond acceptors (Lipinski definition) is 3. The zero-order valence-corrected chi connectivity index (χ0v) is 11.7. The Bertz CT molecular complexity index is 396. The van der Waals surface area contributed by atoms with Crippen molar-refractivity contribution < 1.29 is 9.90 Å². The van der Waals surface area contributed by atoms with Crippen molar-refractivity contribution in [1.82, 2.24) is 4.90 Å². The van der Waals surface area contributed by atoms with Crippen LogP contribution in [-0.4, -0.2) is 28.6 Å². The number of carboxylic acid groups (broad SMARTS) is 1. The third-order valence-electron chi connectivity index (χ3n) is 3.60. The molecule has 0 saturated heterocycles. The Balaban J connectivity index is 2.01. The number of aliphatic carboxylic acids is 1. The fourth-order valence-corrected chi connectivity index (χ4v) is 3.64. The highest BCUT2D eigenvalue weighted by Gasteiger charge is 2.24. The normalized spacial score (nSPS) is 16.6. The van der Waals surface area contributed by atoms with Gasteiger partial charge in [0.1, 0.15) is 0 Å². The standard InChI is InChI=1S/C14H21NO2S/c1-2-12-7-8-13(18-12)9-15(10-14(16)17)11-5-3-4-6-11/h7-8,11H,2-6,9-10H2,1H3,(H,16,17). The first-order valence-corrected chi connectivity index (χ1v) is 7.54. The van der Waals surface area contributed by atoms with Gasteiger partial charge in [0.15, 0.2) is 0 Å². The van der Waals surface area contributed by atoms with E-state index in [1.165, 1.54) is 22.6 Å². The number of carbonyl (C=O) groups is 1. The van der Waals surface area contributed by atoms with Crippen LogP contribution >= 0.6 is 11.3 Å². The zero-order chi connectivity index (χ0) is 13.0. The fourth-order valence-electron chi connectivity index (χ4n) is 2.65. The van der Waals surface area contributed by atoms with Gasteiger partial charge in [0, 0.05) is 22.3 Å². The van der Waals surface area contributed by atoms with Gasteiger partial charge in [0.2, 0.25) is 0 Å². The van der Waals surface area contributed by atoms with Crippen molar-refractivity contribution in [2.75, 3.05) is 6.54 Å². The Morgan fingerprint density at radius 2 is 2.06 bits per heavy atom. The molecule has 18 heavy (non-hydrogen) atoms. The number of aryl methyl sites for hydroxylation is 1. The Morgan fingerprint density at radius 1 is 1.39 bits per heavy atom. The van der Waals surface area contributed by atoms with Gasteiger partial charge in [-0.3, -0.25) is 9.69 Å². The molecular formula is C14H21NO2S. The van der Waals surface area contributed by atoms with Gasteiger partial charge in [-0.25, -0.2) is 0 Å². The minimum absolute atomic E-state index is 0.171. The quantitative estimate of drug-likeness (QED) is 0.861. The summed E-state index contributed by atoms with van der Waals surface area (Å²) in [4.78, 5) is 15.8. The van der Waals surface area contributed by atoms with Crippen LogP contribution in [0.15, 0.2) is 12.1 Å². The maximum absolute atomic E-state index is 11.0. The molecule has 0 aromatic carbocycles. The van der Waals surface area contributed by atoms with Crippen LogP contribution in [0.4, 0.5) is 0 Å². The van der Waals surface area contributed by atoms with Crippen LogP contribution in [0, 0.1) is 0 Å². The van der Waals surface area contributed by atoms with Crippen LogP contribution in [0.2, 0.25) is 0 Å². The molecule has 2 rings (SSSR count). The number of rotatable bonds is 6. The van der Waals surface area contributed by atoms with Crippen molar-refractivity contribution in [3.63, 3.8) is 0 Å². The van der Waals surface area contributed by atoms with E-state index in [-0.39, 0.29) is 6.54 Å². The summed E-state index contributed by atoms with van der Waals surface area (Å²) in [6, 6.07) is 4.77. The van der Waals surface area contributed by atoms with Crippen molar-refractivity contribution in [2.45, 2.75) is 51.6 Å². The van der Waals surface area contributed by atoms with Crippen molar-refractivity contribution in [1.29, 1.82) is 0 Å². The van der Waals surface area contributed by atoms with Gasteiger partial charge < -0.3 is 5.11 Å². The van der Waals surface area contributed by atoms with Gasteiger partial charge in [0.05, 0.1) is 6.54 Å². The topological polar surface area (TPSA) is 40.5 Å². The third kappa shape index (κ3) is 3.56. The van der Waals surface area contributed by atoms with E-state index in [0.717, 1.165) is 25.8 Å². The zero-order valence-electron chi connectivity index (χ0n) is 10.9. The molecule has 0 spiro atoms. The highest BCUT2D eigenvalue weighted by atomic mass is 32.1. The van der Waals surface area contributed by atoms with Crippen LogP contribution < -0.4 is 0 Å². The Kier molecular flexibility index (Phi) is 4.78. The molecule has 3 nitrogen and oxygen atoms in total. The van der Waals surface area contributed by atoms with Gasteiger partial charge in [-0.2, -0.15) is 0 Å². The summed E-state index contributed by atoms with van der Waals surface area (Å²) < 4.78 is 0. The van der Waals surface area contributed by atoms with Crippen LogP contribution in [0.5, 0.6) is 0 Å². The number of hydrogen-bond donors (Lipinski definition) is 1.